The summed E-state index contributed by atoms with van der Waals surface area (Å²) in [7, 11) is 0. The number of esters is 1. The van der Waals surface area contributed by atoms with Crippen LogP contribution in [0, 0.1) is 0 Å². The van der Waals surface area contributed by atoms with Crippen molar-refractivity contribution >= 4 is 18.1 Å². The van der Waals surface area contributed by atoms with Gasteiger partial charge in [0.1, 0.15) is 6.61 Å². The third kappa shape index (κ3) is 2.36. The molecule has 0 spiro atoms. The van der Waals surface area contributed by atoms with Gasteiger partial charge in [-0.25, -0.2) is 4.79 Å². The molecule has 2 N–H and O–H groups in total. The second kappa shape index (κ2) is 6.15. The smallest absolute Gasteiger partial charge is 0.343 e. The summed E-state index contributed by atoms with van der Waals surface area (Å²) in [6.45, 7) is 4.10. The standard InChI is InChI=1S/C23H23NO5/c1-3-14-15-8-13(25)6-5-12(15)7-16-17(14)10-24-20(16)9-19-18(21(24)26)11-29-22(27)23(19,28)4-2/h5,7-9,13,25,28H,3-4,6,10-11H2,1-2H3/t13?,23-/m0/s1. The van der Waals surface area contributed by atoms with Gasteiger partial charge in [0.05, 0.1) is 23.9 Å². The molecule has 2 aromatic rings. The Bertz CT molecular complexity index is 1260. The van der Waals surface area contributed by atoms with Gasteiger partial charge in [-0.15, -0.1) is 0 Å². The lowest BCUT2D eigenvalue weighted by Crippen LogP contribution is -2.44. The summed E-state index contributed by atoms with van der Waals surface area (Å²) in [5.74, 6) is -0.702. The van der Waals surface area contributed by atoms with Crippen molar-refractivity contribution in [3.05, 3.63) is 55.2 Å². The van der Waals surface area contributed by atoms with Crippen molar-refractivity contribution in [3.63, 3.8) is 0 Å². The van der Waals surface area contributed by atoms with E-state index in [1.165, 1.54) is 0 Å². The number of cyclic esters (lactones) is 1. The van der Waals surface area contributed by atoms with Crippen LogP contribution in [0.15, 0.2) is 16.9 Å². The number of carbonyl (C=O) groups excluding carboxylic acids is 1. The van der Waals surface area contributed by atoms with Crippen LogP contribution < -0.4 is 16.0 Å². The summed E-state index contributed by atoms with van der Waals surface area (Å²) in [4.78, 5) is 25.5. The highest BCUT2D eigenvalue weighted by atomic mass is 16.6. The first kappa shape index (κ1) is 18.3. The number of aromatic nitrogens is 1. The van der Waals surface area contributed by atoms with E-state index in [1.807, 2.05) is 12.2 Å². The Labute approximate surface area is 167 Å². The van der Waals surface area contributed by atoms with Crippen molar-refractivity contribution in [2.45, 2.75) is 58.0 Å². The molecule has 6 nitrogen and oxygen atoms in total. The molecule has 0 amide bonds. The molecule has 150 valence electrons. The largest absolute Gasteiger partial charge is 0.458 e. The normalized spacial score (nSPS) is 23.9. The average Bonchev–Trinajstić information content (AvgIpc) is 3.08. The van der Waals surface area contributed by atoms with Gasteiger partial charge in [0.25, 0.3) is 5.56 Å². The van der Waals surface area contributed by atoms with Gasteiger partial charge >= 0.3 is 5.97 Å². The number of carbonyl (C=O) groups is 1. The van der Waals surface area contributed by atoms with E-state index in [1.54, 1.807) is 17.6 Å². The number of nitrogens with zero attached hydrogens (tertiary/aromatic N) is 1. The number of aliphatic hydroxyl groups excluding tert-OH is 1. The van der Waals surface area contributed by atoms with E-state index in [0.29, 0.717) is 24.1 Å². The number of aliphatic hydroxyl groups is 2. The Balaban J connectivity index is 1.83. The fourth-order valence-corrected chi connectivity index (χ4v) is 4.94. The molecule has 0 bridgehead atoms. The van der Waals surface area contributed by atoms with Crippen LogP contribution >= 0.6 is 0 Å². The SMILES string of the molecule is CCc1c2c(cc3c1=CC(O)CC=3)-c1cc3c(c(=O)n1C2)COC(=O)[C@]3(O)CC. The third-order valence-corrected chi connectivity index (χ3v) is 6.55. The second-order valence-corrected chi connectivity index (χ2v) is 8.01. The van der Waals surface area contributed by atoms with Crippen LogP contribution in [0.2, 0.25) is 0 Å². The number of pyridine rings is 1. The minimum atomic E-state index is -1.79. The van der Waals surface area contributed by atoms with Crippen LogP contribution in [-0.4, -0.2) is 26.9 Å². The molecule has 6 heteroatoms. The minimum Gasteiger partial charge on any atom is -0.458 e. The molecule has 1 aromatic heterocycles. The molecule has 0 saturated heterocycles. The second-order valence-electron chi connectivity index (χ2n) is 8.01. The molecule has 0 fully saturated rings. The van der Waals surface area contributed by atoms with Crippen LogP contribution in [0.5, 0.6) is 0 Å². The summed E-state index contributed by atoms with van der Waals surface area (Å²) >= 11 is 0. The third-order valence-electron chi connectivity index (χ3n) is 6.55. The van der Waals surface area contributed by atoms with E-state index in [0.717, 1.165) is 39.2 Å². The number of rotatable bonds is 2. The summed E-state index contributed by atoms with van der Waals surface area (Å²) in [6, 6.07) is 3.85. The van der Waals surface area contributed by atoms with Crippen molar-refractivity contribution in [2.75, 3.05) is 0 Å². The van der Waals surface area contributed by atoms with Crippen LogP contribution in [0.1, 0.15) is 48.9 Å². The first-order chi connectivity index (χ1) is 13.9. The van der Waals surface area contributed by atoms with Gasteiger partial charge in [-0.3, -0.25) is 4.79 Å². The van der Waals surface area contributed by atoms with Gasteiger partial charge in [-0.05, 0) is 59.0 Å². The highest BCUT2D eigenvalue weighted by Crippen LogP contribution is 2.38. The predicted molar refractivity (Wildman–Crippen MR) is 107 cm³/mol. The number of ether oxygens (including phenoxy) is 1. The fourth-order valence-electron chi connectivity index (χ4n) is 4.94. The van der Waals surface area contributed by atoms with Crippen LogP contribution in [-0.2, 0) is 34.7 Å². The molecule has 0 radical (unpaired) electrons. The zero-order chi connectivity index (χ0) is 20.5. The lowest BCUT2D eigenvalue weighted by Gasteiger charge is -2.31. The first-order valence-corrected chi connectivity index (χ1v) is 10.1. The van der Waals surface area contributed by atoms with Gasteiger partial charge in [-0.1, -0.05) is 19.9 Å². The van der Waals surface area contributed by atoms with Crippen molar-refractivity contribution < 1.29 is 19.7 Å². The number of fused-ring (bicyclic) bond motifs is 5. The molecule has 2 aliphatic heterocycles. The molecule has 3 heterocycles. The zero-order valence-corrected chi connectivity index (χ0v) is 16.5. The average molecular weight is 393 g/mol. The molecular weight excluding hydrogens is 370 g/mol. The Hall–Kier alpha value is -2.70. The topological polar surface area (TPSA) is 88.8 Å². The Morgan fingerprint density at radius 3 is 2.76 bits per heavy atom. The molecule has 3 aliphatic rings. The molecular formula is C23H23NO5. The maximum absolute atomic E-state index is 13.3. The molecule has 29 heavy (non-hydrogen) atoms. The molecule has 5 rings (SSSR count). The highest BCUT2D eigenvalue weighted by molar-refractivity contribution is 5.84. The zero-order valence-electron chi connectivity index (χ0n) is 16.5. The Kier molecular flexibility index (Phi) is 3.89. The number of hydrogen-bond acceptors (Lipinski definition) is 5. The van der Waals surface area contributed by atoms with E-state index in [2.05, 4.69) is 13.0 Å². The Morgan fingerprint density at radius 1 is 1.24 bits per heavy atom. The monoisotopic (exact) mass is 393 g/mol. The van der Waals surface area contributed by atoms with Crippen molar-refractivity contribution in [3.8, 4) is 11.3 Å². The van der Waals surface area contributed by atoms with E-state index in [-0.39, 0.29) is 18.6 Å². The molecule has 0 saturated carbocycles. The molecule has 1 aromatic carbocycles. The summed E-state index contributed by atoms with van der Waals surface area (Å²) in [5, 5.41) is 23.1. The summed E-state index contributed by atoms with van der Waals surface area (Å²) < 4.78 is 6.83. The first-order valence-electron chi connectivity index (χ1n) is 10.1. The lowest BCUT2D eigenvalue weighted by molar-refractivity contribution is -0.172. The lowest BCUT2D eigenvalue weighted by atomic mass is 9.85. The van der Waals surface area contributed by atoms with Gasteiger partial charge in [0.2, 0.25) is 0 Å². The van der Waals surface area contributed by atoms with E-state index < -0.39 is 17.7 Å². The van der Waals surface area contributed by atoms with Crippen molar-refractivity contribution in [1.29, 1.82) is 0 Å². The molecule has 1 unspecified atom stereocenters. The van der Waals surface area contributed by atoms with E-state index in [9.17, 15) is 19.8 Å². The predicted octanol–water partition coefficient (Wildman–Crippen LogP) is 0.419. The van der Waals surface area contributed by atoms with Crippen LogP contribution in [0.4, 0.5) is 0 Å². The van der Waals surface area contributed by atoms with Gasteiger partial charge in [0.15, 0.2) is 5.60 Å². The van der Waals surface area contributed by atoms with Crippen LogP contribution in [0.25, 0.3) is 23.4 Å². The molecule has 1 aliphatic carbocycles. The van der Waals surface area contributed by atoms with E-state index >= 15 is 0 Å². The Morgan fingerprint density at radius 2 is 2.03 bits per heavy atom. The van der Waals surface area contributed by atoms with E-state index in [4.69, 9.17) is 4.74 Å². The van der Waals surface area contributed by atoms with Crippen molar-refractivity contribution in [2.24, 2.45) is 0 Å². The summed E-state index contributed by atoms with van der Waals surface area (Å²) in [6.07, 6.45) is 4.91. The maximum Gasteiger partial charge on any atom is 0.343 e. The fraction of sp³-hybridized carbons (Fsp3) is 0.391. The van der Waals surface area contributed by atoms with Crippen LogP contribution in [0.3, 0.4) is 0 Å². The minimum absolute atomic E-state index is 0.114. The number of hydrogen-bond donors (Lipinski definition) is 2. The summed E-state index contributed by atoms with van der Waals surface area (Å²) in [5.41, 5.74) is 2.58. The molecule has 2 atom stereocenters. The van der Waals surface area contributed by atoms with Gasteiger partial charge in [-0.2, -0.15) is 0 Å². The van der Waals surface area contributed by atoms with Gasteiger partial charge in [0, 0.05) is 11.1 Å². The quantitative estimate of drug-likeness (QED) is 0.616. The van der Waals surface area contributed by atoms with Gasteiger partial charge < -0.3 is 19.5 Å². The number of benzene rings is 1. The maximum atomic E-state index is 13.3. The highest BCUT2D eigenvalue weighted by Gasteiger charge is 2.45. The van der Waals surface area contributed by atoms with Crippen molar-refractivity contribution in [1.82, 2.24) is 4.57 Å².